The van der Waals surface area contributed by atoms with Crippen molar-refractivity contribution < 1.29 is 4.79 Å². The fraction of sp³-hybridized carbons (Fsp3) is 0.833. The molecule has 0 spiro atoms. The van der Waals surface area contributed by atoms with Crippen LogP contribution < -0.4 is 0 Å². The summed E-state index contributed by atoms with van der Waals surface area (Å²) in [5.74, 6) is -0.194. The van der Waals surface area contributed by atoms with E-state index in [9.17, 15) is 4.79 Å². The molecule has 0 bridgehead atoms. The van der Waals surface area contributed by atoms with E-state index >= 15 is 0 Å². The van der Waals surface area contributed by atoms with Crippen molar-refractivity contribution in [2.45, 2.75) is 52.4 Å². The Bertz CT molecular complexity index is 246. The van der Waals surface area contributed by atoms with Crippen molar-refractivity contribution in [1.29, 1.82) is 5.26 Å². The molecule has 14 heavy (non-hydrogen) atoms. The van der Waals surface area contributed by atoms with Gasteiger partial charge in [-0.1, -0.05) is 33.1 Å². The lowest BCUT2D eigenvalue weighted by atomic mass is 9.69. The maximum atomic E-state index is 12.1. The highest BCUT2D eigenvalue weighted by atomic mass is 16.1. The van der Waals surface area contributed by atoms with Gasteiger partial charge in [0.1, 0.15) is 5.92 Å². The van der Waals surface area contributed by atoms with Crippen molar-refractivity contribution in [1.82, 2.24) is 0 Å². The molecule has 0 heterocycles. The first-order valence-electron chi connectivity index (χ1n) is 5.58. The molecule has 1 rings (SSSR count). The Morgan fingerprint density at radius 2 is 2.00 bits per heavy atom. The third-order valence-corrected chi connectivity index (χ3v) is 3.43. The summed E-state index contributed by atoms with van der Waals surface area (Å²) < 4.78 is 0. The van der Waals surface area contributed by atoms with Crippen LogP contribution in [0.4, 0.5) is 0 Å². The van der Waals surface area contributed by atoms with Crippen LogP contribution in [-0.2, 0) is 4.79 Å². The van der Waals surface area contributed by atoms with E-state index < -0.39 is 0 Å². The van der Waals surface area contributed by atoms with Crippen LogP contribution in [0.15, 0.2) is 0 Å². The zero-order valence-electron chi connectivity index (χ0n) is 9.18. The van der Waals surface area contributed by atoms with Gasteiger partial charge in [-0.15, -0.1) is 0 Å². The van der Waals surface area contributed by atoms with E-state index in [1.807, 2.05) is 13.8 Å². The van der Waals surface area contributed by atoms with E-state index in [-0.39, 0.29) is 17.1 Å². The minimum absolute atomic E-state index is 0.183. The molecule has 0 saturated heterocycles. The second-order valence-electron chi connectivity index (χ2n) is 4.58. The van der Waals surface area contributed by atoms with Gasteiger partial charge in [0, 0.05) is 5.41 Å². The average Bonchev–Trinajstić information content (AvgIpc) is 2.20. The fourth-order valence-corrected chi connectivity index (χ4v) is 2.33. The van der Waals surface area contributed by atoms with E-state index in [1.165, 1.54) is 6.42 Å². The first kappa shape index (κ1) is 11.2. The molecular formula is C12H19NO. The van der Waals surface area contributed by atoms with Gasteiger partial charge in [-0.3, -0.25) is 4.79 Å². The molecule has 0 radical (unpaired) electrons. The number of carbonyl (C=O) groups is 1. The lowest BCUT2D eigenvalue weighted by molar-refractivity contribution is -0.132. The van der Waals surface area contributed by atoms with Crippen molar-refractivity contribution in [3.05, 3.63) is 0 Å². The summed E-state index contributed by atoms with van der Waals surface area (Å²) in [6, 6.07) is 2.12. The molecule has 0 aromatic heterocycles. The minimum atomic E-state index is -0.377. The Hall–Kier alpha value is -0.840. The van der Waals surface area contributed by atoms with Gasteiger partial charge in [-0.25, -0.2) is 0 Å². The molecule has 1 atom stereocenters. The van der Waals surface area contributed by atoms with E-state index in [0.29, 0.717) is 6.42 Å². The standard InChI is InChI=1S/C12H19NO/c1-3-10(9-13)11(14)12(2)7-5-4-6-8-12/h10H,3-8H2,1-2H3. The predicted octanol–water partition coefficient (Wildman–Crippen LogP) is 3.08. The summed E-state index contributed by atoms with van der Waals surface area (Å²) in [6.45, 7) is 3.95. The zero-order valence-corrected chi connectivity index (χ0v) is 9.18. The maximum Gasteiger partial charge on any atom is 0.155 e. The zero-order chi connectivity index (χ0) is 10.6. The number of hydrogen-bond acceptors (Lipinski definition) is 2. The molecule has 0 amide bonds. The van der Waals surface area contributed by atoms with Gasteiger partial charge >= 0.3 is 0 Å². The van der Waals surface area contributed by atoms with Crippen LogP contribution in [0, 0.1) is 22.7 Å². The highest BCUT2D eigenvalue weighted by Gasteiger charge is 2.37. The molecule has 1 unspecified atom stereocenters. The largest absolute Gasteiger partial charge is 0.298 e. The van der Waals surface area contributed by atoms with E-state index in [2.05, 4.69) is 6.07 Å². The third-order valence-electron chi connectivity index (χ3n) is 3.43. The number of carbonyl (C=O) groups excluding carboxylic acids is 1. The molecule has 78 valence electrons. The molecule has 0 aliphatic heterocycles. The highest BCUT2D eigenvalue weighted by Crippen LogP contribution is 2.38. The van der Waals surface area contributed by atoms with E-state index in [4.69, 9.17) is 5.26 Å². The number of hydrogen-bond donors (Lipinski definition) is 0. The molecule has 2 nitrogen and oxygen atoms in total. The molecule has 2 heteroatoms. The fourth-order valence-electron chi connectivity index (χ4n) is 2.33. The average molecular weight is 193 g/mol. The van der Waals surface area contributed by atoms with Gasteiger partial charge in [0.25, 0.3) is 0 Å². The van der Waals surface area contributed by atoms with Crippen molar-refractivity contribution in [3.8, 4) is 6.07 Å². The van der Waals surface area contributed by atoms with Gasteiger partial charge < -0.3 is 0 Å². The molecule has 0 N–H and O–H groups in total. The van der Waals surface area contributed by atoms with Gasteiger partial charge in [-0.2, -0.15) is 5.26 Å². The van der Waals surface area contributed by atoms with Crippen LogP contribution in [0.1, 0.15) is 52.4 Å². The predicted molar refractivity (Wildman–Crippen MR) is 55.6 cm³/mol. The highest BCUT2D eigenvalue weighted by molar-refractivity contribution is 5.88. The molecule has 1 aliphatic rings. The maximum absolute atomic E-state index is 12.1. The second-order valence-corrected chi connectivity index (χ2v) is 4.58. The van der Waals surface area contributed by atoms with Gasteiger partial charge in [-0.05, 0) is 19.3 Å². The molecule has 0 aromatic carbocycles. The molecule has 1 saturated carbocycles. The number of nitriles is 1. The summed E-state index contributed by atoms with van der Waals surface area (Å²) in [5.41, 5.74) is -0.200. The second kappa shape index (κ2) is 4.59. The third kappa shape index (κ3) is 2.15. The minimum Gasteiger partial charge on any atom is -0.298 e. The lowest BCUT2D eigenvalue weighted by Crippen LogP contribution is -2.34. The molecule has 1 aliphatic carbocycles. The molecule has 0 aromatic rings. The van der Waals surface area contributed by atoms with Gasteiger partial charge in [0.2, 0.25) is 0 Å². The van der Waals surface area contributed by atoms with Crippen molar-refractivity contribution in [3.63, 3.8) is 0 Å². The topological polar surface area (TPSA) is 40.9 Å². The summed E-state index contributed by atoms with van der Waals surface area (Å²) in [5, 5.41) is 8.87. The van der Waals surface area contributed by atoms with E-state index in [0.717, 1.165) is 25.7 Å². The van der Waals surface area contributed by atoms with E-state index in [1.54, 1.807) is 0 Å². The van der Waals surface area contributed by atoms with Gasteiger partial charge in [0.15, 0.2) is 5.78 Å². The quantitative estimate of drug-likeness (QED) is 0.691. The SMILES string of the molecule is CCC(C#N)C(=O)C1(C)CCCCC1. The Labute approximate surface area is 86.3 Å². The molecular weight excluding hydrogens is 174 g/mol. The molecule has 1 fully saturated rings. The summed E-state index contributed by atoms with van der Waals surface area (Å²) >= 11 is 0. The summed E-state index contributed by atoms with van der Waals surface area (Å²) in [7, 11) is 0. The number of Topliss-reactive ketones (excluding diaryl/α,β-unsaturated/α-hetero) is 1. The Morgan fingerprint density at radius 3 is 2.43 bits per heavy atom. The number of nitrogens with zero attached hydrogens (tertiary/aromatic N) is 1. The van der Waals surface area contributed by atoms with Crippen LogP contribution in [0.25, 0.3) is 0 Å². The Balaban J connectivity index is 2.71. The van der Waals surface area contributed by atoms with Gasteiger partial charge in [0.05, 0.1) is 6.07 Å². The smallest absolute Gasteiger partial charge is 0.155 e. The Morgan fingerprint density at radius 1 is 1.43 bits per heavy atom. The monoisotopic (exact) mass is 193 g/mol. The van der Waals surface area contributed by atoms with Crippen molar-refractivity contribution in [2.75, 3.05) is 0 Å². The summed E-state index contributed by atoms with van der Waals surface area (Å²) in [4.78, 5) is 12.1. The lowest BCUT2D eigenvalue weighted by Gasteiger charge is -2.33. The van der Waals surface area contributed by atoms with Crippen LogP contribution in [0.5, 0.6) is 0 Å². The summed E-state index contributed by atoms with van der Waals surface area (Å²) in [6.07, 6.45) is 6.14. The first-order chi connectivity index (χ1) is 6.64. The van der Waals surface area contributed by atoms with Crippen LogP contribution >= 0.6 is 0 Å². The normalized spacial score (nSPS) is 22.4. The number of rotatable bonds is 3. The van der Waals surface area contributed by atoms with Crippen LogP contribution in [0.2, 0.25) is 0 Å². The van der Waals surface area contributed by atoms with Crippen LogP contribution in [0.3, 0.4) is 0 Å². The number of ketones is 1. The van der Waals surface area contributed by atoms with Crippen molar-refractivity contribution in [2.24, 2.45) is 11.3 Å². The Kier molecular flexibility index (Phi) is 3.69. The first-order valence-corrected chi connectivity index (χ1v) is 5.58. The van der Waals surface area contributed by atoms with Crippen LogP contribution in [-0.4, -0.2) is 5.78 Å². The van der Waals surface area contributed by atoms with Crippen molar-refractivity contribution >= 4 is 5.78 Å².